The molecule has 2 amide bonds. The number of rotatable bonds is 3. The maximum Gasteiger partial charge on any atom is 0.270 e. The molecule has 3 fully saturated rings. The SMILES string of the molecule is Cc1ccccc1[C@@H]1[C@H]2CN(C(=O)C3CCC3)C[C@H]2CN1C(=O)c1ccc[nH]1. The summed E-state index contributed by atoms with van der Waals surface area (Å²) in [6.45, 7) is 4.40. The lowest BCUT2D eigenvalue weighted by atomic mass is 9.84. The van der Waals surface area contributed by atoms with Crippen LogP contribution >= 0.6 is 0 Å². The summed E-state index contributed by atoms with van der Waals surface area (Å²) in [7, 11) is 0. The number of aromatic amines is 1. The van der Waals surface area contributed by atoms with Crippen LogP contribution in [0.5, 0.6) is 0 Å². The van der Waals surface area contributed by atoms with Gasteiger partial charge in [-0.25, -0.2) is 0 Å². The Labute approximate surface area is 165 Å². The zero-order chi connectivity index (χ0) is 19.3. The largest absolute Gasteiger partial charge is 0.357 e. The van der Waals surface area contributed by atoms with Crippen LogP contribution in [0.25, 0.3) is 0 Å². The number of amides is 2. The smallest absolute Gasteiger partial charge is 0.270 e. The summed E-state index contributed by atoms with van der Waals surface area (Å²) in [4.78, 5) is 33.2. The molecule has 1 aromatic carbocycles. The number of benzene rings is 1. The second-order valence-electron chi connectivity index (χ2n) is 8.64. The maximum atomic E-state index is 13.2. The molecule has 0 radical (unpaired) electrons. The summed E-state index contributed by atoms with van der Waals surface area (Å²) in [6.07, 6.45) is 5.07. The summed E-state index contributed by atoms with van der Waals surface area (Å²) in [5.74, 6) is 1.31. The molecule has 3 atom stereocenters. The van der Waals surface area contributed by atoms with E-state index in [1.54, 1.807) is 6.20 Å². The van der Waals surface area contributed by atoms with Crippen LogP contribution in [0.3, 0.4) is 0 Å². The van der Waals surface area contributed by atoms with Crippen molar-refractivity contribution in [2.45, 2.75) is 32.2 Å². The standard InChI is InChI=1S/C23H27N3O2/c1-15-6-2-3-9-18(15)21-19-14-25(22(27)16-7-4-8-16)12-17(19)13-26(21)23(28)20-10-5-11-24-20/h2-3,5-6,9-11,16-17,19,21,24H,4,7-8,12-14H2,1H3/t17-,19-,21+/m0/s1. The normalized spacial score (nSPS) is 27.0. The van der Waals surface area contributed by atoms with Gasteiger partial charge in [0.1, 0.15) is 5.69 Å². The fourth-order valence-electron chi connectivity index (χ4n) is 5.28. The summed E-state index contributed by atoms with van der Waals surface area (Å²) < 4.78 is 0. The fraction of sp³-hybridized carbons (Fsp3) is 0.478. The van der Waals surface area contributed by atoms with Crippen LogP contribution in [0.1, 0.15) is 46.9 Å². The zero-order valence-corrected chi connectivity index (χ0v) is 16.3. The Bertz CT molecular complexity index is 887. The van der Waals surface area contributed by atoms with Gasteiger partial charge in [-0.1, -0.05) is 30.7 Å². The number of hydrogen-bond donors (Lipinski definition) is 1. The molecule has 5 nitrogen and oxygen atoms in total. The second-order valence-corrected chi connectivity index (χ2v) is 8.64. The number of nitrogens with zero attached hydrogens (tertiary/aromatic N) is 2. The van der Waals surface area contributed by atoms with Gasteiger partial charge in [0, 0.05) is 43.6 Å². The third-order valence-corrected chi connectivity index (χ3v) is 7.03. The van der Waals surface area contributed by atoms with E-state index in [2.05, 4.69) is 35.0 Å². The minimum Gasteiger partial charge on any atom is -0.357 e. The van der Waals surface area contributed by atoms with Crippen LogP contribution in [-0.2, 0) is 4.79 Å². The molecule has 0 bridgehead atoms. The lowest BCUT2D eigenvalue weighted by Crippen LogP contribution is -2.41. The molecule has 1 aromatic heterocycles. The Balaban J connectivity index is 1.45. The summed E-state index contributed by atoms with van der Waals surface area (Å²) in [5, 5.41) is 0. The maximum absolute atomic E-state index is 13.2. The first-order valence-electron chi connectivity index (χ1n) is 10.4. The van der Waals surface area contributed by atoms with E-state index in [9.17, 15) is 9.59 Å². The van der Waals surface area contributed by atoms with Crippen molar-refractivity contribution in [3.8, 4) is 0 Å². The van der Waals surface area contributed by atoms with E-state index in [1.165, 1.54) is 17.5 Å². The van der Waals surface area contributed by atoms with Crippen molar-refractivity contribution in [2.75, 3.05) is 19.6 Å². The number of hydrogen-bond acceptors (Lipinski definition) is 2. The van der Waals surface area contributed by atoms with E-state index in [0.717, 1.165) is 32.5 Å². The number of aromatic nitrogens is 1. The molecule has 1 saturated carbocycles. The molecule has 3 heterocycles. The first-order valence-corrected chi connectivity index (χ1v) is 10.4. The molecule has 1 aliphatic carbocycles. The Morgan fingerprint density at radius 3 is 2.54 bits per heavy atom. The van der Waals surface area contributed by atoms with E-state index in [1.807, 2.05) is 23.1 Å². The van der Waals surface area contributed by atoms with Crippen molar-refractivity contribution >= 4 is 11.8 Å². The molecule has 5 heteroatoms. The highest BCUT2D eigenvalue weighted by atomic mass is 16.2. The van der Waals surface area contributed by atoms with Gasteiger partial charge in [0.25, 0.3) is 5.91 Å². The van der Waals surface area contributed by atoms with E-state index in [4.69, 9.17) is 0 Å². The molecule has 28 heavy (non-hydrogen) atoms. The second kappa shape index (κ2) is 6.80. The molecular weight excluding hydrogens is 350 g/mol. The number of H-pyrrole nitrogens is 1. The van der Waals surface area contributed by atoms with Gasteiger partial charge in [-0.3, -0.25) is 9.59 Å². The average molecular weight is 377 g/mol. The quantitative estimate of drug-likeness (QED) is 0.891. The molecule has 2 aliphatic heterocycles. The van der Waals surface area contributed by atoms with Gasteiger partial charge in [0.05, 0.1) is 6.04 Å². The first kappa shape index (κ1) is 17.5. The number of nitrogens with one attached hydrogen (secondary N) is 1. The fourth-order valence-corrected chi connectivity index (χ4v) is 5.28. The number of fused-ring (bicyclic) bond motifs is 1. The lowest BCUT2D eigenvalue weighted by Gasteiger charge is -2.33. The van der Waals surface area contributed by atoms with Gasteiger partial charge < -0.3 is 14.8 Å². The third kappa shape index (κ3) is 2.76. The van der Waals surface area contributed by atoms with Crippen molar-refractivity contribution in [3.05, 3.63) is 59.4 Å². The Hall–Kier alpha value is -2.56. The highest BCUT2D eigenvalue weighted by molar-refractivity contribution is 5.93. The molecule has 0 unspecified atom stereocenters. The predicted molar refractivity (Wildman–Crippen MR) is 107 cm³/mol. The molecule has 0 spiro atoms. The lowest BCUT2D eigenvalue weighted by molar-refractivity contribution is -0.137. The number of carbonyl (C=O) groups excluding carboxylic acids is 2. The Morgan fingerprint density at radius 1 is 1.04 bits per heavy atom. The van der Waals surface area contributed by atoms with Crippen molar-refractivity contribution in [3.63, 3.8) is 0 Å². The summed E-state index contributed by atoms with van der Waals surface area (Å²) >= 11 is 0. The Morgan fingerprint density at radius 2 is 1.86 bits per heavy atom. The summed E-state index contributed by atoms with van der Waals surface area (Å²) in [6, 6.07) is 12.1. The number of likely N-dealkylation sites (tertiary alicyclic amines) is 2. The minimum atomic E-state index is 0.0289. The van der Waals surface area contributed by atoms with Gasteiger partial charge in [-0.2, -0.15) is 0 Å². The first-order chi connectivity index (χ1) is 13.6. The Kier molecular flexibility index (Phi) is 4.26. The molecule has 2 aromatic rings. The van der Waals surface area contributed by atoms with Crippen molar-refractivity contribution in [2.24, 2.45) is 17.8 Å². The van der Waals surface area contributed by atoms with Gasteiger partial charge in [0.15, 0.2) is 0 Å². The van der Waals surface area contributed by atoms with Gasteiger partial charge in [0.2, 0.25) is 5.91 Å². The molecule has 2 saturated heterocycles. The van der Waals surface area contributed by atoms with Crippen molar-refractivity contribution in [1.82, 2.24) is 14.8 Å². The third-order valence-electron chi connectivity index (χ3n) is 7.03. The number of aryl methyl sites for hydroxylation is 1. The van der Waals surface area contributed by atoms with Crippen LogP contribution in [0.2, 0.25) is 0 Å². The van der Waals surface area contributed by atoms with Crippen molar-refractivity contribution < 1.29 is 9.59 Å². The molecule has 3 aliphatic rings. The van der Waals surface area contributed by atoms with Gasteiger partial charge in [-0.15, -0.1) is 0 Å². The molecule has 5 rings (SSSR count). The van der Waals surface area contributed by atoms with Gasteiger partial charge >= 0.3 is 0 Å². The molecular formula is C23H27N3O2. The average Bonchev–Trinajstić information content (AvgIpc) is 3.36. The van der Waals surface area contributed by atoms with Crippen LogP contribution in [0.4, 0.5) is 0 Å². The van der Waals surface area contributed by atoms with E-state index < -0.39 is 0 Å². The van der Waals surface area contributed by atoms with Crippen LogP contribution in [0, 0.1) is 24.7 Å². The monoisotopic (exact) mass is 377 g/mol. The number of carbonyl (C=O) groups is 2. The summed E-state index contributed by atoms with van der Waals surface area (Å²) in [5.41, 5.74) is 3.06. The van der Waals surface area contributed by atoms with Crippen LogP contribution < -0.4 is 0 Å². The molecule has 146 valence electrons. The van der Waals surface area contributed by atoms with E-state index in [-0.39, 0.29) is 17.9 Å². The molecule has 1 N–H and O–H groups in total. The van der Waals surface area contributed by atoms with E-state index in [0.29, 0.717) is 23.4 Å². The van der Waals surface area contributed by atoms with Crippen LogP contribution in [-0.4, -0.2) is 46.2 Å². The topological polar surface area (TPSA) is 56.4 Å². The minimum absolute atomic E-state index is 0.0289. The highest BCUT2D eigenvalue weighted by Gasteiger charge is 2.51. The zero-order valence-electron chi connectivity index (χ0n) is 16.3. The van der Waals surface area contributed by atoms with Gasteiger partial charge in [-0.05, 0) is 43.0 Å². The van der Waals surface area contributed by atoms with E-state index >= 15 is 0 Å². The van der Waals surface area contributed by atoms with Crippen molar-refractivity contribution in [1.29, 1.82) is 0 Å². The highest BCUT2D eigenvalue weighted by Crippen LogP contribution is 2.47. The predicted octanol–water partition coefficient (Wildman–Crippen LogP) is 3.39. The van der Waals surface area contributed by atoms with Crippen LogP contribution in [0.15, 0.2) is 42.6 Å².